The number of carbonyl (C=O) groups excluding carboxylic acids is 3. The van der Waals surface area contributed by atoms with E-state index < -0.39 is 0 Å². The molecule has 0 aromatic heterocycles. The van der Waals surface area contributed by atoms with E-state index >= 15 is 0 Å². The summed E-state index contributed by atoms with van der Waals surface area (Å²) in [5, 5.41) is 0. The first kappa shape index (κ1) is 27.3. The minimum atomic E-state index is -0.0949. The average molecular weight is 289 g/mol. The molecule has 0 amide bonds. The van der Waals surface area contributed by atoms with Crippen LogP contribution in [-0.4, -0.2) is 23.9 Å². The van der Waals surface area contributed by atoms with Crippen LogP contribution in [0.2, 0.25) is 0 Å². The SMILES string of the molecule is CC.CC.CC(=O)C(C)CN.CC(=O)CC(C)C(C)=O. The van der Waals surface area contributed by atoms with Gasteiger partial charge in [-0.3, -0.25) is 9.59 Å². The number of rotatable bonds is 5. The van der Waals surface area contributed by atoms with Gasteiger partial charge < -0.3 is 10.5 Å². The number of nitrogens with two attached hydrogens (primary N) is 1. The van der Waals surface area contributed by atoms with E-state index in [9.17, 15) is 14.4 Å². The van der Waals surface area contributed by atoms with Crippen LogP contribution in [-0.2, 0) is 14.4 Å². The zero-order chi connectivity index (χ0) is 17.3. The van der Waals surface area contributed by atoms with E-state index in [0.29, 0.717) is 13.0 Å². The molecule has 2 N–H and O–H groups in total. The van der Waals surface area contributed by atoms with Crippen LogP contribution in [0.25, 0.3) is 0 Å². The molecule has 0 rings (SSSR count). The number of hydrogen-bond acceptors (Lipinski definition) is 4. The van der Waals surface area contributed by atoms with Gasteiger partial charge in [0.25, 0.3) is 0 Å². The second kappa shape index (κ2) is 20.3. The fraction of sp³-hybridized carbons (Fsp3) is 0.812. The van der Waals surface area contributed by atoms with Gasteiger partial charge in [-0.25, -0.2) is 0 Å². The summed E-state index contributed by atoms with van der Waals surface area (Å²) >= 11 is 0. The van der Waals surface area contributed by atoms with Crippen molar-refractivity contribution in [1.29, 1.82) is 0 Å². The Hall–Kier alpha value is -1.03. The monoisotopic (exact) mass is 289 g/mol. The van der Waals surface area contributed by atoms with Crippen molar-refractivity contribution in [3.63, 3.8) is 0 Å². The van der Waals surface area contributed by atoms with Gasteiger partial charge >= 0.3 is 0 Å². The van der Waals surface area contributed by atoms with E-state index in [1.807, 2.05) is 34.6 Å². The van der Waals surface area contributed by atoms with E-state index in [4.69, 9.17) is 5.73 Å². The third-order valence-electron chi connectivity index (χ3n) is 2.34. The maximum Gasteiger partial charge on any atom is 0.133 e. The van der Waals surface area contributed by atoms with Crippen LogP contribution < -0.4 is 5.73 Å². The van der Waals surface area contributed by atoms with Crippen molar-refractivity contribution in [3.05, 3.63) is 0 Å². The molecule has 0 aromatic carbocycles. The quantitative estimate of drug-likeness (QED) is 0.841. The van der Waals surface area contributed by atoms with Crippen molar-refractivity contribution >= 4 is 17.3 Å². The largest absolute Gasteiger partial charge is 0.330 e. The highest BCUT2D eigenvalue weighted by Crippen LogP contribution is 2.02. The zero-order valence-electron chi connectivity index (χ0n) is 14.9. The van der Waals surface area contributed by atoms with E-state index in [-0.39, 0.29) is 29.2 Å². The van der Waals surface area contributed by atoms with Crippen LogP contribution in [0.5, 0.6) is 0 Å². The van der Waals surface area contributed by atoms with Crippen LogP contribution in [0, 0.1) is 11.8 Å². The molecule has 0 aliphatic rings. The van der Waals surface area contributed by atoms with Crippen molar-refractivity contribution in [2.45, 2.75) is 68.7 Å². The molecule has 0 heterocycles. The smallest absolute Gasteiger partial charge is 0.133 e. The highest BCUT2D eigenvalue weighted by atomic mass is 16.1. The Kier molecular flexibility index (Phi) is 27.7. The molecule has 0 aromatic rings. The Morgan fingerprint density at radius 2 is 1.10 bits per heavy atom. The lowest BCUT2D eigenvalue weighted by Gasteiger charge is -2.01. The molecule has 2 atom stereocenters. The summed E-state index contributed by atoms with van der Waals surface area (Å²) in [7, 11) is 0. The second-order valence-electron chi connectivity index (χ2n) is 4.17. The minimum absolute atomic E-state index is 0.0417. The van der Waals surface area contributed by atoms with Crippen LogP contribution in [0.3, 0.4) is 0 Å². The lowest BCUT2D eigenvalue weighted by atomic mass is 10.0. The normalized spacial score (nSPS) is 11.1. The maximum absolute atomic E-state index is 10.5. The van der Waals surface area contributed by atoms with Crippen LogP contribution in [0.4, 0.5) is 0 Å². The molecule has 0 bridgehead atoms. The Labute approximate surface area is 125 Å². The molecule has 0 aliphatic heterocycles. The van der Waals surface area contributed by atoms with Gasteiger partial charge in [0.1, 0.15) is 17.3 Å². The van der Waals surface area contributed by atoms with E-state index in [0.717, 1.165) is 0 Å². The molecular formula is C16H35NO3. The fourth-order valence-corrected chi connectivity index (χ4v) is 0.741. The predicted molar refractivity (Wildman–Crippen MR) is 86.7 cm³/mol. The fourth-order valence-electron chi connectivity index (χ4n) is 0.741. The topological polar surface area (TPSA) is 77.2 Å². The number of hydrogen-bond donors (Lipinski definition) is 1. The molecule has 4 heteroatoms. The van der Waals surface area contributed by atoms with Crippen molar-refractivity contribution in [2.24, 2.45) is 17.6 Å². The molecule has 20 heavy (non-hydrogen) atoms. The minimum Gasteiger partial charge on any atom is -0.330 e. The average Bonchev–Trinajstić information content (AvgIpc) is 2.42. The third-order valence-corrected chi connectivity index (χ3v) is 2.34. The van der Waals surface area contributed by atoms with Gasteiger partial charge in [0.05, 0.1) is 0 Å². The van der Waals surface area contributed by atoms with Crippen molar-refractivity contribution < 1.29 is 14.4 Å². The van der Waals surface area contributed by atoms with Gasteiger partial charge in [-0.2, -0.15) is 0 Å². The molecule has 0 radical (unpaired) electrons. The first-order valence-electron chi connectivity index (χ1n) is 7.42. The van der Waals surface area contributed by atoms with Crippen molar-refractivity contribution in [3.8, 4) is 0 Å². The Morgan fingerprint density at radius 3 is 1.15 bits per heavy atom. The number of ketones is 3. The molecule has 0 fully saturated rings. The molecule has 2 unspecified atom stereocenters. The molecule has 4 nitrogen and oxygen atoms in total. The second-order valence-corrected chi connectivity index (χ2v) is 4.17. The highest BCUT2D eigenvalue weighted by molar-refractivity contribution is 5.85. The van der Waals surface area contributed by atoms with Gasteiger partial charge in [-0.1, -0.05) is 41.5 Å². The Balaban J connectivity index is -0.000000104. The van der Waals surface area contributed by atoms with Crippen molar-refractivity contribution in [2.75, 3.05) is 6.54 Å². The van der Waals surface area contributed by atoms with Gasteiger partial charge in [0.15, 0.2) is 0 Å². The molecule has 122 valence electrons. The van der Waals surface area contributed by atoms with Crippen molar-refractivity contribution in [1.82, 2.24) is 0 Å². The van der Waals surface area contributed by atoms with Gasteiger partial charge in [0, 0.05) is 24.8 Å². The number of carbonyl (C=O) groups is 3. The Bertz CT molecular complexity index is 250. The van der Waals surface area contributed by atoms with E-state index in [1.54, 1.807) is 13.8 Å². The van der Waals surface area contributed by atoms with Crippen LogP contribution in [0.15, 0.2) is 0 Å². The Morgan fingerprint density at radius 1 is 0.800 bits per heavy atom. The van der Waals surface area contributed by atoms with Crippen LogP contribution in [0.1, 0.15) is 68.7 Å². The first-order valence-corrected chi connectivity index (χ1v) is 7.42. The summed E-state index contributed by atoms with van der Waals surface area (Å²) in [6.07, 6.45) is 0.384. The molecule has 0 saturated heterocycles. The van der Waals surface area contributed by atoms with Gasteiger partial charge in [0.2, 0.25) is 0 Å². The van der Waals surface area contributed by atoms with Gasteiger partial charge in [-0.15, -0.1) is 0 Å². The first-order chi connectivity index (χ1) is 9.22. The lowest BCUT2D eigenvalue weighted by Crippen LogP contribution is -2.17. The van der Waals surface area contributed by atoms with Gasteiger partial charge in [-0.05, 0) is 20.8 Å². The summed E-state index contributed by atoms with van der Waals surface area (Å²) in [4.78, 5) is 31.2. The summed E-state index contributed by atoms with van der Waals surface area (Å²) in [5.74, 6) is 0.285. The predicted octanol–water partition coefficient (Wildman–Crippen LogP) is 3.41. The third kappa shape index (κ3) is 25.7. The summed E-state index contributed by atoms with van der Waals surface area (Å²) in [6, 6.07) is 0. The zero-order valence-corrected chi connectivity index (χ0v) is 14.9. The summed E-state index contributed by atoms with van der Waals surface area (Å²) < 4.78 is 0. The summed E-state index contributed by atoms with van der Waals surface area (Å²) in [5.41, 5.74) is 5.15. The summed E-state index contributed by atoms with van der Waals surface area (Å²) in [6.45, 7) is 16.6. The standard InChI is InChI=1S/C7H12O2.C5H11NO.2C2H6/c1-5(7(3)9)4-6(2)8;1-4(3-6)5(2)7;2*1-2/h5H,4H2,1-3H3;4H,3,6H2,1-2H3;2*1-2H3. The molecule has 0 saturated carbocycles. The highest BCUT2D eigenvalue weighted by Gasteiger charge is 2.08. The van der Waals surface area contributed by atoms with E-state index in [1.165, 1.54) is 13.8 Å². The van der Waals surface area contributed by atoms with E-state index in [2.05, 4.69) is 0 Å². The molecule has 0 spiro atoms. The van der Waals surface area contributed by atoms with Crippen LogP contribution >= 0.6 is 0 Å². The number of Topliss-reactive ketones (excluding diaryl/α,β-unsaturated/α-hetero) is 3. The lowest BCUT2D eigenvalue weighted by molar-refractivity contribution is -0.125. The molecule has 0 aliphatic carbocycles. The maximum atomic E-state index is 10.5. The molecular weight excluding hydrogens is 254 g/mol.